The number of carbonyl (C=O) groups is 3. The number of esters is 3. The highest BCUT2D eigenvalue weighted by molar-refractivity contribution is 7.47. The van der Waals surface area contributed by atoms with Crippen LogP contribution in [0.2, 0.25) is 0 Å². The molecule has 0 aromatic heterocycles. The lowest BCUT2D eigenvalue weighted by molar-refractivity contribution is -0.376. The van der Waals surface area contributed by atoms with Crippen LogP contribution in [0.4, 0.5) is 0 Å². The summed E-state index contributed by atoms with van der Waals surface area (Å²) >= 11 is 0. The molecule has 90 heavy (non-hydrogen) atoms. The molecule has 0 bridgehead atoms. The smallest absolute Gasteiger partial charge is 0.466 e. The summed E-state index contributed by atoms with van der Waals surface area (Å²) in [4.78, 5) is 59.1. The van der Waals surface area contributed by atoms with Crippen LogP contribution in [0.5, 0.6) is 0 Å². The molecule has 0 radical (unpaired) electrons. The van der Waals surface area contributed by atoms with Crippen molar-refractivity contribution in [1.29, 1.82) is 0 Å². The van der Waals surface area contributed by atoms with Gasteiger partial charge in [-0.25, -0.2) is 9.13 Å². The molecule has 0 aromatic rings. The van der Waals surface area contributed by atoms with Gasteiger partial charge in [-0.05, 0) is 32.1 Å². The predicted molar refractivity (Wildman–Crippen MR) is 338 cm³/mol. The molecule has 26 heteroatoms. The van der Waals surface area contributed by atoms with Gasteiger partial charge in [-0.3, -0.25) is 32.5 Å². The van der Waals surface area contributed by atoms with Crippen molar-refractivity contribution < 1.29 is 115 Å². The summed E-state index contributed by atoms with van der Waals surface area (Å²) in [5.41, 5.74) is 0. The van der Waals surface area contributed by atoms with Crippen LogP contribution in [0.3, 0.4) is 0 Å². The number of phosphoric ester groups is 2. The molecule has 0 saturated carbocycles. The van der Waals surface area contributed by atoms with Gasteiger partial charge in [-0.1, -0.05) is 213 Å². The molecule has 8 N–H and O–H groups in total. The molecule has 24 nitrogen and oxygen atoms in total. The Hall–Kier alpha value is -1.77. The largest absolute Gasteiger partial charge is 0.472 e. The van der Waals surface area contributed by atoms with Crippen LogP contribution in [0, 0.1) is 0 Å². The van der Waals surface area contributed by atoms with Gasteiger partial charge in [0.2, 0.25) is 0 Å². The maximum Gasteiger partial charge on any atom is 0.472 e. The van der Waals surface area contributed by atoms with Crippen molar-refractivity contribution in [3.8, 4) is 0 Å². The Balaban J connectivity index is 1.86. The van der Waals surface area contributed by atoms with Crippen molar-refractivity contribution in [2.75, 3.05) is 52.9 Å². The first-order valence-electron chi connectivity index (χ1n) is 34.7. The third-order valence-electron chi connectivity index (χ3n) is 16.1. The molecule has 532 valence electrons. The predicted octanol–water partition coefficient (Wildman–Crippen LogP) is 11.2. The molecule has 2 heterocycles. The van der Waals surface area contributed by atoms with E-state index in [1.165, 1.54) is 122 Å². The van der Waals surface area contributed by atoms with Crippen LogP contribution in [0.25, 0.3) is 0 Å². The molecule has 2 aliphatic rings. The summed E-state index contributed by atoms with van der Waals surface area (Å²) in [6.45, 7) is 4.41. The monoisotopic (exact) mass is 1340 g/mol. The van der Waals surface area contributed by atoms with Gasteiger partial charge < -0.3 is 73.6 Å². The standard InChI is InChI=1S/C64H122O24P2/c1-4-7-10-13-15-17-19-21-23-25-27-30-34-40-54(65)79-45-39-46-81-89(74,75)83-49-52-57(68)59(70)61(72)63(86-52)88-64-62(73)60(71)58(69)53(87-64)50-84-90(76,77)82-48-51(85-56(67)42-36-32-29-33-38-44-78-43-37-12-9-6-3)47-80-55(66)41-35-31-28-26-24-22-20-18-16-14-11-8-5-2/h51-53,57-64,68-73H,4-50H2,1-3H3,(H,74,75)(H,76,77)/t51-,52?,53?,57?,58?,59?,60?,61?,62?,63?,64?/m1/s1. The highest BCUT2D eigenvalue weighted by Gasteiger charge is 2.51. The number of hydrogen-bond acceptors (Lipinski definition) is 22. The van der Waals surface area contributed by atoms with Crippen LogP contribution < -0.4 is 0 Å². The average Bonchev–Trinajstić information content (AvgIpc) is 0.910. The molecular formula is C64H122O24P2. The number of carbonyl (C=O) groups excluding carboxylic acids is 3. The molecule has 2 aliphatic heterocycles. The van der Waals surface area contributed by atoms with Gasteiger partial charge in [0.05, 0.1) is 33.0 Å². The summed E-state index contributed by atoms with van der Waals surface area (Å²) in [5.74, 6) is -1.59. The first-order valence-corrected chi connectivity index (χ1v) is 37.7. The Labute approximate surface area is 538 Å². The van der Waals surface area contributed by atoms with E-state index in [1.807, 2.05) is 0 Å². The minimum atomic E-state index is -5.13. The second-order valence-corrected chi connectivity index (χ2v) is 27.3. The van der Waals surface area contributed by atoms with Crippen molar-refractivity contribution in [2.24, 2.45) is 0 Å². The number of phosphoric acid groups is 2. The zero-order valence-corrected chi connectivity index (χ0v) is 56.9. The molecule has 2 rings (SSSR count). The third-order valence-corrected chi connectivity index (χ3v) is 18.1. The molecular weight excluding hydrogens is 1210 g/mol. The summed E-state index contributed by atoms with van der Waals surface area (Å²) < 4.78 is 84.8. The number of unbranched alkanes of at least 4 members (excludes halogenated alkanes) is 31. The molecule has 2 saturated heterocycles. The topological polar surface area (TPSA) is 349 Å². The van der Waals surface area contributed by atoms with E-state index >= 15 is 0 Å². The van der Waals surface area contributed by atoms with Crippen LogP contribution in [0.1, 0.15) is 271 Å². The minimum Gasteiger partial charge on any atom is -0.466 e. The van der Waals surface area contributed by atoms with E-state index in [4.69, 9.17) is 51.3 Å². The van der Waals surface area contributed by atoms with E-state index in [9.17, 15) is 63.9 Å². The van der Waals surface area contributed by atoms with Crippen molar-refractivity contribution in [3.05, 3.63) is 0 Å². The average molecular weight is 1340 g/mol. The number of rotatable bonds is 60. The quantitative estimate of drug-likeness (QED) is 0.0121. The van der Waals surface area contributed by atoms with Crippen LogP contribution in [0.15, 0.2) is 0 Å². The molecule has 2 fully saturated rings. The summed E-state index contributed by atoms with van der Waals surface area (Å²) in [5, 5.41) is 64.5. The van der Waals surface area contributed by atoms with E-state index in [1.54, 1.807) is 0 Å². The van der Waals surface area contributed by atoms with Crippen molar-refractivity contribution in [1.82, 2.24) is 0 Å². The minimum absolute atomic E-state index is 0.0251. The molecule has 0 aliphatic carbocycles. The summed E-state index contributed by atoms with van der Waals surface area (Å²) in [7, 11) is -9.97. The van der Waals surface area contributed by atoms with E-state index in [0.29, 0.717) is 25.9 Å². The third kappa shape index (κ3) is 41.9. The SMILES string of the molecule is CCCCCCCCCCCCCCCC(=O)OCCCOP(=O)(O)OCC1OC(OC2OC(COP(=O)(O)OC[C@@H](COC(=O)CCCCCCCCCCCCCCC)OC(=O)CCCCCCCOCCCCCC)C(O)C(O)C2O)C(O)C(O)C1O. The van der Waals surface area contributed by atoms with Gasteiger partial charge in [0.15, 0.2) is 18.7 Å². The first kappa shape index (κ1) is 84.3. The highest BCUT2D eigenvalue weighted by Crippen LogP contribution is 2.45. The Morgan fingerprint density at radius 1 is 0.367 bits per heavy atom. The van der Waals surface area contributed by atoms with Gasteiger partial charge in [0.1, 0.15) is 55.4 Å². The highest BCUT2D eigenvalue weighted by atomic mass is 31.2. The summed E-state index contributed by atoms with van der Waals surface area (Å²) in [6, 6.07) is 0. The zero-order valence-electron chi connectivity index (χ0n) is 55.1. The van der Waals surface area contributed by atoms with Crippen molar-refractivity contribution in [2.45, 2.75) is 339 Å². The van der Waals surface area contributed by atoms with E-state index in [-0.39, 0.29) is 38.9 Å². The Bertz CT molecular complexity index is 1870. The van der Waals surface area contributed by atoms with Gasteiger partial charge in [-0.15, -0.1) is 0 Å². The summed E-state index contributed by atoms with van der Waals surface area (Å²) in [6.07, 6.45) is 18.1. The Morgan fingerprint density at radius 3 is 1.12 bits per heavy atom. The zero-order chi connectivity index (χ0) is 66.1. The van der Waals surface area contributed by atoms with Crippen LogP contribution in [-0.4, -0.2) is 179 Å². The fourth-order valence-electron chi connectivity index (χ4n) is 10.5. The van der Waals surface area contributed by atoms with E-state index in [0.717, 1.165) is 90.1 Å². The maximum atomic E-state index is 13.3. The lowest BCUT2D eigenvalue weighted by atomic mass is 9.98. The molecule has 13 atom stereocenters. The van der Waals surface area contributed by atoms with E-state index < -0.39 is 127 Å². The second-order valence-electron chi connectivity index (χ2n) is 24.4. The lowest BCUT2D eigenvalue weighted by Gasteiger charge is -2.44. The second kappa shape index (κ2) is 53.4. The lowest BCUT2D eigenvalue weighted by Crippen LogP contribution is -2.63. The molecule has 0 aromatic carbocycles. The van der Waals surface area contributed by atoms with Crippen molar-refractivity contribution >= 4 is 33.6 Å². The van der Waals surface area contributed by atoms with Crippen LogP contribution >= 0.6 is 15.6 Å². The van der Waals surface area contributed by atoms with Gasteiger partial charge in [-0.2, -0.15) is 0 Å². The number of ether oxygens (including phenoxy) is 7. The van der Waals surface area contributed by atoms with Gasteiger partial charge >= 0.3 is 33.6 Å². The van der Waals surface area contributed by atoms with Crippen molar-refractivity contribution in [3.63, 3.8) is 0 Å². The first-order chi connectivity index (χ1) is 43.3. The number of aliphatic hydroxyl groups excluding tert-OH is 6. The van der Waals surface area contributed by atoms with Gasteiger partial charge in [0.25, 0.3) is 0 Å². The number of aliphatic hydroxyl groups is 6. The normalized spacial score (nSPS) is 23.7. The molecule has 0 spiro atoms. The maximum absolute atomic E-state index is 13.3. The van der Waals surface area contributed by atoms with Crippen LogP contribution in [-0.2, 0) is 74.8 Å². The Morgan fingerprint density at radius 2 is 0.711 bits per heavy atom. The molecule has 12 unspecified atom stereocenters. The number of hydrogen-bond donors (Lipinski definition) is 8. The fourth-order valence-corrected chi connectivity index (χ4v) is 12.0. The fraction of sp³-hybridized carbons (Fsp3) is 0.953. The molecule has 0 amide bonds. The van der Waals surface area contributed by atoms with E-state index in [2.05, 4.69) is 20.8 Å². The van der Waals surface area contributed by atoms with Gasteiger partial charge in [0, 0.05) is 38.9 Å². The Kier molecular flexibility index (Phi) is 50.0.